The van der Waals surface area contributed by atoms with Gasteiger partial charge in [-0.15, -0.1) is 23.5 Å². The Hall–Kier alpha value is -0.850. The Labute approximate surface area is 147 Å². The first-order valence-corrected chi connectivity index (χ1v) is 9.12. The summed E-state index contributed by atoms with van der Waals surface area (Å²) >= 11 is 2.90. The first kappa shape index (κ1) is 21.2. The maximum Gasteiger partial charge on any atom is 0.325 e. The van der Waals surface area contributed by atoms with Gasteiger partial charge in [0.25, 0.3) is 0 Å². The third-order valence-electron chi connectivity index (χ3n) is 3.14. The Morgan fingerprint density at radius 3 is 1.75 bits per heavy atom. The molecule has 5 atom stereocenters. The highest BCUT2D eigenvalue weighted by molar-refractivity contribution is 8.20. The zero-order valence-electron chi connectivity index (χ0n) is 12.9. The molecule has 0 aromatic rings. The number of aliphatic hydroxyl groups is 2. The van der Waals surface area contributed by atoms with Gasteiger partial charge in [-0.1, -0.05) is 0 Å². The zero-order chi connectivity index (χ0) is 18.1. The highest BCUT2D eigenvalue weighted by Gasteiger charge is 2.37. The molecule has 1 rings (SSSR count). The second-order valence-electron chi connectivity index (χ2n) is 5.02. The van der Waals surface area contributed by atoms with Crippen LogP contribution in [0.5, 0.6) is 0 Å². The van der Waals surface area contributed by atoms with Crippen LogP contribution in [-0.4, -0.2) is 82.0 Å². The highest BCUT2D eigenvalue weighted by atomic mass is 32.2. The van der Waals surface area contributed by atoms with Gasteiger partial charge >= 0.3 is 11.9 Å². The first-order chi connectivity index (χ1) is 11.4. The molecule has 24 heavy (non-hydrogen) atoms. The largest absolute Gasteiger partial charge is 0.463 e. The van der Waals surface area contributed by atoms with Crippen LogP contribution in [0.4, 0.5) is 0 Å². The Morgan fingerprint density at radius 2 is 1.42 bits per heavy atom. The van der Waals surface area contributed by atoms with Crippen molar-refractivity contribution in [1.82, 2.24) is 0 Å². The number of aldehydes is 1. The van der Waals surface area contributed by atoms with Crippen LogP contribution in [0.25, 0.3) is 0 Å². The van der Waals surface area contributed by atoms with Crippen LogP contribution in [0.3, 0.4) is 0 Å². The van der Waals surface area contributed by atoms with Crippen molar-refractivity contribution >= 4 is 41.7 Å². The number of hydrogen-bond acceptors (Lipinski definition) is 11. The van der Waals surface area contributed by atoms with Crippen molar-refractivity contribution in [2.45, 2.75) is 33.6 Å². The minimum atomic E-state index is -1.10. The summed E-state index contributed by atoms with van der Waals surface area (Å²) in [4.78, 5) is 33.7. The second kappa shape index (κ2) is 10.9. The first-order valence-electron chi connectivity index (χ1n) is 7.23. The molecule has 1 fully saturated rings. The fourth-order valence-electron chi connectivity index (χ4n) is 1.77. The third-order valence-corrected chi connectivity index (χ3v) is 6.59. The summed E-state index contributed by atoms with van der Waals surface area (Å²) in [7, 11) is 0. The van der Waals surface area contributed by atoms with Crippen molar-refractivity contribution in [1.29, 1.82) is 0 Å². The van der Waals surface area contributed by atoms with E-state index in [1.165, 1.54) is 23.5 Å². The summed E-state index contributed by atoms with van der Waals surface area (Å²) in [6.45, 7) is -0.986. The van der Waals surface area contributed by atoms with Gasteiger partial charge in [-0.05, 0) is 0 Å². The summed E-state index contributed by atoms with van der Waals surface area (Å²) in [6.07, 6.45) is 1.11. The van der Waals surface area contributed by atoms with Crippen LogP contribution in [0.15, 0.2) is 0 Å². The van der Waals surface area contributed by atoms with E-state index in [1.807, 2.05) is 0 Å². The summed E-state index contributed by atoms with van der Waals surface area (Å²) in [5, 5.41) is 17.2. The molecule has 1 saturated heterocycles. The molecule has 1 unspecified atom stereocenters. The highest BCUT2D eigenvalue weighted by Crippen LogP contribution is 2.45. The Balaban J connectivity index is 2.56. The van der Waals surface area contributed by atoms with Gasteiger partial charge in [-0.2, -0.15) is 0 Å². The van der Waals surface area contributed by atoms with E-state index in [9.17, 15) is 14.4 Å². The van der Waals surface area contributed by atoms with E-state index < -0.39 is 37.2 Å². The lowest BCUT2D eigenvalue weighted by atomic mass is 10.3. The van der Waals surface area contributed by atoms with Crippen molar-refractivity contribution in [3.63, 3.8) is 0 Å². The molecule has 0 saturated carbocycles. The third kappa shape index (κ3) is 6.57. The molecule has 11 heteroatoms. The van der Waals surface area contributed by atoms with Gasteiger partial charge in [0.1, 0.15) is 31.6 Å². The molecule has 0 radical (unpaired) electrons. The lowest BCUT2D eigenvalue weighted by Crippen LogP contribution is -2.39. The van der Waals surface area contributed by atoms with Crippen molar-refractivity contribution < 1.29 is 34.1 Å². The number of carbonyl (C=O) groups is 3. The average molecular weight is 382 g/mol. The van der Waals surface area contributed by atoms with Gasteiger partial charge in [0, 0.05) is 6.42 Å². The van der Waals surface area contributed by atoms with Gasteiger partial charge in [0.05, 0.1) is 28.3 Å². The molecule has 1 aliphatic rings. The summed E-state index contributed by atoms with van der Waals surface area (Å²) in [5.41, 5.74) is 10.7. The lowest BCUT2D eigenvalue weighted by Gasteiger charge is -2.19. The number of nitrogens with two attached hydrogens (primary N) is 2. The van der Waals surface area contributed by atoms with Gasteiger partial charge in [-0.25, -0.2) is 0 Å². The minimum absolute atomic E-state index is 0.0217. The maximum atomic E-state index is 11.5. The van der Waals surface area contributed by atoms with Crippen molar-refractivity contribution in [2.75, 3.05) is 26.4 Å². The molecule has 138 valence electrons. The quantitative estimate of drug-likeness (QED) is 0.240. The van der Waals surface area contributed by atoms with Crippen molar-refractivity contribution in [2.24, 2.45) is 11.5 Å². The number of carbonyl (C=O) groups excluding carboxylic acids is 3. The number of hydrogen-bond donors (Lipinski definition) is 4. The predicted octanol–water partition coefficient (Wildman–Crippen LogP) is -2.16. The van der Waals surface area contributed by atoms with Crippen LogP contribution in [0.1, 0.15) is 6.42 Å². The average Bonchev–Trinajstić information content (AvgIpc) is 2.97. The van der Waals surface area contributed by atoms with Crippen molar-refractivity contribution in [3.8, 4) is 0 Å². The smallest absolute Gasteiger partial charge is 0.325 e. The van der Waals surface area contributed by atoms with E-state index >= 15 is 0 Å². The molecule has 0 bridgehead atoms. The monoisotopic (exact) mass is 382 g/mol. The molecule has 1 heterocycles. The fourth-order valence-corrected chi connectivity index (χ4v) is 5.23. The van der Waals surface area contributed by atoms with E-state index in [0.29, 0.717) is 6.42 Å². The molecule has 0 spiro atoms. The van der Waals surface area contributed by atoms with E-state index in [-0.39, 0.29) is 28.3 Å². The number of aliphatic hydroxyl groups excluding tert-OH is 2. The Morgan fingerprint density at radius 1 is 1.00 bits per heavy atom. The summed E-state index contributed by atoms with van der Waals surface area (Å²) < 4.78 is 10.1. The number of rotatable bonds is 10. The van der Waals surface area contributed by atoms with Gasteiger partial charge < -0.3 is 35.9 Å². The number of esters is 2. The van der Waals surface area contributed by atoms with E-state index in [2.05, 4.69) is 0 Å². The number of ether oxygens (including phenoxy) is 2. The van der Waals surface area contributed by atoms with E-state index in [4.69, 9.17) is 31.2 Å². The molecular weight excluding hydrogens is 360 g/mol. The van der Waals surface area contributed by atoms with E-state index in [0.717, 1.165) is 6.29 Å². The van der Waals surface area contributed by atoms with Crippen LogP contribution in [-0.2, 0) is 23.9 Å². The van der Waals surface area contributed by atoms with Crippen LogP contribution in [0, 0.1) is 0 Å². The SMILES string of the molecule is N[C@@H](CO)C(=O)OC[C@@H]1SC(CC=O)S[C@@H]1COC(=O)[C@@H](N)CO. The van der Waals surface area contributed by atoms with E-state index in [1.54, 1.807) is 0 Å². The summed E-state index contributed by atoms with van der Waals surface area (Å²) in [6, 6.07) is -2.21. The van der Waals surface area contributed by atoms with Crippen LogP contribution in [0.2, 0.25) is 0 Å². The fraction of sp³-hybridized carbons (Fsp3) is 0.769. The predicted molar refractivity (Wildman–Crippen MR) is 89.3 cm³/mol. The van der Waals surface area contributed by atoms with Gasteiger partial charge in [0.15, 0.2) is 0 Å². The molecule has 9 nitrogen and oxygen atoms in total. The Bertz CT molecular complexity index is 407. The molecule has 6 N–H and O–H groups in total. The second-order valence-corrected chi connectivity index (χ2v) is 8.21. The standard InChI is InChI=1S/C13H22N2O7S2/c14-7(3-17)12(19)21-5-9-10(24-11(23-9)1-2-16)6-22-13(20)8(15)4-18/h2,7-11,17-18H,1,3-6,14-15H2/t7-,8-,9-,10+,11?/m0/s1. The molecular formula is C13H22N2O7S2. The normalized spacial score (nSPS) is 25.8. The molecule has 0 aromatic carbocycles. The Kier molecular flexibility index (Phi) is 9.63. The zero-order valence-corrected chi connectivity index (χ0v) is 14.5. The summed E-state index contributed by atoms with van der Waals surface area (Å²) in [5.74, 6) is -1.44. The molecule has 0 aromatic heterocycles. The number of thioether (sulfide) groups is 2. The van der Waals surface area contributed by atoms with Gasteiger partial charge in [-0.3, -0.25) is 9.59 Å². The topological polar surface area (TPSA) is 162 Å². The van der Waals surface area contributed by atoms with Gasteiger partial charge in [0.2, 0.25) is 0 Å². The molecule has 0 aliphatic carbocycles. The van der Waals surface area contributed by atoms with Crippen LogP contribution >= 0.6 is 23.5 Å². The minimum Gasteiger partial charge on any atom is -0.463 e. The lowest BCUT2D eigenvalue weighted by molar-refractivity contribution is -0.148. The molecule has 0 amide bonds. The molecule has 1 aliphatic heterocycles. The van der Waals surface area contributed by atoms with Crippen molar-refractivity contribution in [3.05, 3.63) is 0 Å². The van der Waals surface area contributed by atoms with Crippen LogP contribution < -0.4 is 11.5 Å². The maximum absolute atomic E-state index is 11.5.